The molecule has 1 aliphatic heterocycles. The van der Waals surface area contributed by atoms with Gasteiger partial charge in [-0.3, -0.25) is 9.80 Å². The largest absolute Gasteiger partial charge is 0.298 e. The second-order valence-electron chi connectivity index (χ2n) is 8.85. The minimum atomic E-state index is -3.19. The molecule has 0 bridgehead atoms. The Morgan fingerprint density at radius 2 is 1.66 bits per heavy atom. The average molecular weight is 413 g/mol. The van der Waals surface area contributed by atoms with Crippen LogP contribution in [0.15, 0.2) is 47.4 Å². The lowest BCUT2D eigenvalue weighted by Crippen LogP contribution is -2.53. The highest BCUT2D eigenvalue weighted by Gasteiger charge is 2.28. The topological polar surface area (TPSA) is 40.6 Å². The van der Waals surface area contributed by atoms with Gasteiger partial charge >= 0.3 is 0 Å². The van der Waals surface area contributed by atoms with Crippen LogP contribution in [0.25, 0.3) is 11.1 Å². The number of hydrogen-bond donors (Lipinski definition) is 0. The summed E-state index contributed by atoms with van der Waals surface area (Å²) in [6.45, 7) is 9.28. The van der Waals surface area contributed by atoms with Crippen molar-refractivity contribution < 1.29 is 8.42 Å². The maximum absolute atomic E-state index is 11.9. The van der Waals surface area contributed by atoms with Crippen LogP contribution < -0.4 is 0 Å². The minimum absolute atomic E-state index is 0.383. The van der Waals surface area contributed by atoms with Crippen LogP contribution in [-0.4, -0.2) is 62.7 Å². The molecule has 1 atom stereocenters. The molecule has 0 saturated carbocycles. The Hall–Kier alpha value is -1.69. The molecule has 0 radical (unpaired) electrons. The van der Waals surface area contributed by atoms with E-state index in [1.807, 2.05) is 12.1 Å². The Kier molecular flexibility index (Phi) is 5.83. The van der Waals surface area contributed by atoms with Crippen molar-refractivity contribution in [1.29, 1.82) is 0 Å². The first kappa shape index (κ1) is 20.6. The Labute approximate surface area is 175 Å². The summed E-state index contributed by atoms with van der Waals surface area (Å²) in [4.78, 5) is 5.64. The molecule has 1 saturated heterocycles. The van der Waals surface area contributed by atoms with E-state index in [-0.39, 0.29) is 0 Å². The fraction of sp³-hybridized carbons (Fsp3) is 0.500. The molecule has 0 N–H and O–H groups in total. The van der Waals surface area contributed by atoms with Crippen molar-refractivity contribution in [2.45, 2.75) is 50.1 Å². The summed E-state index contributed by atoms with van der Waals surface area (Å²) in [5.41, 5.74) is 4.96. The molecule has 29 heavy (non-hydrogen) atoms. The first-order chi connectivity index (χ1) is 13.8. The molecule has 156 valence electrons. The smallest absolute Gasteiger partial charge is 0.175 e. The number of hydrogen-bond acceptors (Lipinski definition) is 4. The van der Waals surface area contributed by atoms with Gasteiger partial charge in [0.1, 0.15) is 0 Å². The third-order valence-corrected chi connectivity index (χ3v) is 7.71. The summed E-state index contributed by atoms with van der Waals surface area (Å²) in [5, 5.41) is 0. The standard InChI is InChI=1S/C24H32N2O2S/c1-18(2)25-11-13-26(14-12-25)23-10-9-21-15-20(7-8-22(21)16-23)19-5-4-6-24(17-19)29(3,27)28/h4-8,15,17-18,23H,9-14,16H2,1-3H3. The first-order valence-corrected chi connectivity index (χ1v) is 12.6. The van der Waals surface area contributed by atoms with Gasteiger partial charge < -0.3 is 0 Å². The number of benzene rings is 2. The highest BCUT2D eigenvalue weighted by Crippen LogP contribution is 2.30. The SMILES string of the molecule is CC(C)N1CCN(C2CCc3cc(-c4cccc(S(C)(=O)=O)c4)ccc3C2)CC1. The predicted molar refractivity (Wildman–Crippen MR) is 119 cm³/mol. The van der Waals surface area contributed by atoms with Gasteiger partial charge in [0.15, 0.2) is 9.84 Å². The molecular weight excluding hydrogens is 380 g/mol. The average Bonchev–Trinajstić information content (AvgIpc) is 2.72. The van der Waals surface area contributed by atoms with E-state index in [1.165, 1.54) is 50.0 Å². The molecule has 0 aromatic heterocycles. The number of nitrogens with zero attached hydrogens (tertiary/aromatic N) is 2. The Bertz CT molecular complexity index is 976. The van der Waals surface area contributed by atoms with Crippen molar-refractivity contribution in [3.63, 3.8) is 0 Å². The lowest BCUT2D eigenvalue weighted by Gasteiger charge is -2.42. The predicted octanol–water partition coefficient (Wildman–Crippen LogP) is 3.64. The lowest BCUT2D eigenvalue weighted by molar-refractivity contribution is 0.0730. The van der Waals surface area contributed by atoms with Crippen molar-refractivity contribution >= 4 is 9.84 Å². The summed E-state index contributed by atoms with van der Waals surface area (Å²) < 4.78 is 23.8. The van der Waals surface area contributed by atoms with Gasteiger partial charge in [0.05, 0.1) is 4.90 Å². The van der Waals surface area contributed by atoms with Crippen LogP contribution >= 0.6 is 0 Å². The Morgan fingerprint density at radius 1 is 0.931 bits per heavy atom. The molecule has 4 nitrogen and oxygen atoms in total. The van der Waals surface area contributed by atoms with Gasteiger partial charge in [-0.1, -0.05) is 30.3 Å². The number of sulfone groups is 1. The zero-order chi connectivity index (χ0) is 20.6. The molecule has 0 spiro atoms. The minimum Gasteiger partial charge on any atom is -0.298 e. The van der Waals surface area contributed by atoms with Crippen molar-refractivity contribution in [2.24, 2.45) is 0 Å². The zero-order valence-electron chi connectivity index (χ0n) is 17.8. The second-order valence-corrected chi connectivity index (χ2v) is 10.9. The fourth-order valence-electron chi connectivity index (χ4n) is 4.75. The highest BCUT2D eigenvalue weighted by molar-refractivity contribution is 7.90. The Morgan fingerprint density at radius 3 is 2.34 bits per heavy atom. The molecule has 1 fully saturated rings. The molecule has 1 unspecified atom stereocenters. The number of piperazine rings is 1. The summed E-state index contributed by atoms with van der Waals surface area (Å²) in [6, 6.07) is 15.3. The van der Waals surface area contributed by atoms with E-state index in [0.29, 0.717) is 17.0 Å². The van der Waals surface area contributed by atoms with Crippen molar-refractivity contribution in [2.75, 3.05) is 32.4 Å². The number of rotatable bonds is 4. The molecule has 5 heteroatoms. The third-order valence-electron chi connectivity index (χ3n) is 6.60. The van der Waals surface area contributed by atoms with Crippen molar-refractivity contribution in [3.8, 4) is 11.1 Å². The van der Waals surface area contributed by atoms with Crippen LogP contribution in [0.5, 0.6) is 0 Å². The van der Waals surface area contributed by atoms with Gasteiger partial charge in [0.25, 0.3) is 0 Å². The molecule has 1 heterocycles. The van der Waals surface area contributed by atoms with Crippen LogP contribution in [0.3, 0.4) is 0 Å². The van der Waals surface area contributed by atoms with Crippen molar-refractivity contribution in [3.05, 3.63) is 53.6 Å². The maximum atomic E-state index is 11.9. The first-order valence-electron chi connectivity index (χ1n) is 10.7. The van der Waals surface area contributed by atoms with Crippen LogP contribution in [0, 0.1) is 0 Å². The van der Waals surface area contributed by atoms with E-state index in [9.17, 15) is 8.42 Å². The van der Waals surface area contributed by atoms with Gasteiger partial charge in [0.2, 0.25) is 0 Å². The van der Waals surface area contributed by atoms with Gasteiger partial charge in [-0.2, -0.15) is 0 Å². The number of fused-ring (bicyclic) bond motifs is 1. The van der Waals surface area contributed by atoms with E-state index in [1.54, 1.807) is 12.1 Å². The van der Waals surface area contributed by atoms with E-state index < -0.39 is 9.84 Å². The van der Waals surface area contributed by atoms with E-state index in [4.69, 9.17) is 0 Å². The summed E-state index contributed by atoms with van der Waals surface area (Å²) in [6.07, 6.45) is 4.70. The molecule has 1 aliphatic carbocycles. The zero-order valence-corrected chi connectivity index (χ0v) is 18.6. The molecular formula is C24H32N2O2S. The molecule has 2 aromatic rings. The quantitative estimate of drug-likeness (QED) is 0.769. The van der Waals surface area contributed by atoms with Crippen LogP contribution in [0.4, 0.5) is 0 Å². The highest BCUT2D eigenvalue weighted by atomic mass is 32.2. The summed E-state index contributed by atoms with van der Waals surface area (Å²) in [7, 11) is -3.19. The summed E-state index contributed by atoms with van der Waals surface area (Å²) in [5.74, 6) is 0. The normalized spacial score (nSPS) is 21.3. The molecule has 2 aliphatic rings. The van der Waals surface area contributed by atoms with E-state index in [0.717, 1.165) is 24.0 Å². The fourth-order valence-corrected chi connectivity index (χ4v) is 5.42. The summed E-state index contributed by atoms with van der Waals surface area (Å²) >= 11 is 0. The molecule has 4 rings (SSSR count). The Balaban J connectivity index is 1.48. The monoisotopic (exact) mass is 412 g/mol. The van der Waals surface area contributed by atoms with E-state index >= 15 is 0 Å². The van der Waals surface area contributed by atoms with Gasteiger partial charge in [0, 0.05) is 44.5 Å². The lowest BCUT2D eigenvalue weighted by atomic mass is 9.85. The molecule has 0 amide bonds. The number of aryl methyl sites for hydroxylation is 1. The third kappa shape index (κ3) is 4.57. The van der Waals surface area contributed by atoms with Crippen LogP contribution in [0.2, 0.25) is 0 Å². The van der Waals surface area contributed by atoms with Gasteiger partial charge in [-0.05, 0) is 67.5 Å². The van der Waals surface area contributed by atoms with Gasteiger partial charge in [-0.15, -0.1) is 0 Å². The molecule has 2 aromatic carbocycles. The van der Waals surface area contributed by atoms with Crippen LogP contribution in [-0.2, 0) is 22.7 Å². The van der Waals surface area contributed by atoms with Crippen molar-refractivity contribution in [1.82, 2.24) is 9.80 Å². The van der Waals surface area contributed by atoms with Crippen LogP contribution in [0.1, 0.15) is 31.4 Å². The van der Waals surface area contributed by atoms with E-state index in [2.05, 4.69) is 41.8 Å². The van der Waals surface area contributed by atoms with Gasteiger partial charge in [-0.25, -0.2) is 8.42 Å². The maximum Gasteiger partial charge on any atom is 0.175 e. The second kappa shape index (κ2) is 8.21.